The van der Waals surface area contributed by atoms with E-state index in [1.165, 1.54) is 31.0 Å². The molecule has 0 bridgehead atoms. The van der Waals surface area contributed by atoms with Crippen molar-refractivity contribution in [2.75, 3.05) is 0 Å². The van der Waals surface area contributed by atoms with Crippen LogP contribution in [0.15, 0.2) is 84.9 Å². The monoisotopic (exact) mass is 720 g/mol. The van der Waals surface area contributed by atoms with Gasteiger partial charge in [-0.1, -0.05) is 108 Å². The van der Waals surface area contributed by atoms with Gasteiger partial charge in [-0.2, -0.15) is 8.75 Å². The number of hydrogen-bond donors (Lipinski definition) is 0. The highest BCUT2D eigenvalue weighted by molar-refractivity contribution is 7.19. The molecule has 0 N–H and O–H groups in total. The summed E-state index contributed by atoms with van der Waals surface area (Å²) < 4.78 is 40.7. The van der Waals surface area contributed by atoms with Crippen LogP contribution in [0, 0.1) is 23.5 Å². The highest BCUT2D eigenvalue weighted by atomic mass is 32.1. The number of thiophene rings is 2. The van der Waals surface area contributed by atoms with Gasteiger partial charge < -0.3 is 0 Å². The lowest BCUT2D eigenvalue weighted by Crippen LogP contribution is -2.03. The van der Waals surface area contributed by atoms with E-state index in [0.717, 1.165) is 89.3 Å². The standard InChI is InChI=1S/C43H42F2N2S3/c1-5-8-11-27(7-3)23-29-15-17-33(35(45)25-29)37-19-21-39(49-37)41-31-13-10-9-12-30(31)40(42-43(41)47-50-46-42)38-20-18-36(48-38)32-16-14-28(24-34(32)44)22-26(4)6-2/h9-10,12-21,24-27H,5-8,11,22-23H2,1-4H3. The zero-order valence-electron chi connectivity index (χ0n) is 29.1. The summed E-state index contributed by atoms with van der Waals surface area (Å²) in [4.78, 5) is 3.84. The summed E-state index contributed by atoms with van der Waals surface area (Å²) in [6.45, 7) is 8.83. The average Bonchev–Trinajstić information content (AvgIpc) is 3.91. The maximum Gasteiger partial charge on any atom is 0.132 e. The van der Waals surface area contributed by atoms with Gasteiger partial charge in [0.2, 0.25) is 0 Å². The first-order valence-corrected chi connectivity index (χ1v) is 20.2. The predicted molar refractivity (Wildman–Crippen MR) is 213 cm³/mol. The molecule has 0 fully saturated rings. The van der Waals surface area contributed by atoms with Gasteiger partial charge in [0.05, 0.1) is 11.7 Å². The third-order valence-corrected chi connectivity index (χ3v) is 12.9. The third-order valence-electron chi connectivity index (χ3n) is 10.1. The van der Waals surface area contributed by atoms with Crippen molar-refractivity contribution in [1.82, 2.24) is 8.75 Å². The molecule has 2 unspecified atom stereocenters. The first-order valence-electron chi connectivity index (χ1n) is 17.8. The number of benzene rings is 4. The molecule has 0 amide bonds. The van der Waals surface area contributed by atoms with Crippen LogP contribution in [0.5, 0.6) is 0 Å². The van der Waals surface area contributed by atoms with Crippen LogP contribution in [0.3, 0.4) is 0 Å². The molecule has 0 spiro atoms. The summed E-state index contributed by atoms with van der Waals surface area (Å²) in [7, 11) is 0. The minimum Gasteiger partial charge on any atom is -0.206 e. The Morgan fingerprint density at radius 1 is 0.620 bits per heavy atom. The second-order valence-corrected chi connectivity index (χ2v) is 16.2. The van der Waals surface area contributed by atoms with Crippen molar-refractivity contribution in [3.8, 4) is 41.8 Å². The van der Waals surface area contributed by atoms with E-state index in [0.29, 0.717) is 23.0 Å². The van der Waals surface area contributed by atoms with E-state index in [1.54, 1.807) is 34.8 Å². The van der Waals surface area contributed by atoms with E-state index >= 15 is 8.78 Å². The minimum absolute atomic E-state index is 0.169. The van der Waals surface area contributed by atoms with E-state index in [1.807, 2.05) is 30.3 Å². The van der Waals surface area contributed by atoms with Gasteiger partial charge in [0.25, 0.3) is 0 Å². The van der Waals surface area contributed by atoms with Crippen LogP contribution in [-0.2, 0) is 12.8 Å². The van der Waals surface area contributed by atoms with Crippen LogP contribution in [0.2, 0.25) is 0 Å². The molecule has 4 aromatic carbocycles. The topological polar surface area (TPSA) is 25.8 Å². The molecule has 7 aromatic rings. The zero-order valence-corrected chi connectivity index (χ0v) is 31.5. The van der Waals surface area contributed by atoms with Crippen molar-refractivity contribution in [2.45, 2.75) is 72.6 Å². The van der Waals surface area contributed by atoms with Crippen molar-refractivity contribution in [3.63, 3.8) is 0 Å². The van der Waals surface area contributed by atoms with E-state index in [-0.39, 0.29) is 11.6 Å². The third kappa shape index (κ3) is 6.92. The van der Waals surface area contributed by atoms with Crippen LogP contribution in [-0.4, -0.2) is 8.75 Å². The van der Waals surface area contributed by atoms with Crippen molar-refractivity contribution in [1.29, 1.82) is 0 Å². The van der Waals surface area contributed by atoms with Crippen LogP contribution >= 0.6 is 34.4 Å². The molecule has 7 heteroatoms. The Hall–Kier alpha value is -3.78. The van der Waals surface area contributed by atoms with E-state index < -0.39 is 0 Å². The summed E-state index contributed by atoms with van der Waals surface area (Å²) >= 11 is 4.38. The molecule has 0 aliphatic carbocycles. The molecular formula is C43H42F2N2S3. The number of fused-ring (bicyclic) bond motifs is 2. The van der Waals surface area contributed by atoms with Gasteiger partial charge in [-0.3, -0.25) is 0 Å². The lowest BCUT2D eigenvalue weighted by Gasteiger charge is -2.15. The SMILES string of the molecule is CCCCC(CC)Cc1ccc(-c2ccc(-c3c4ccccc4c(-c4ccc(-c5ccc(CC(C)CC)cc5F)s4)c4nsnc34)s2)c(F)c1. The molecule has 3 aromatic heterocycles. The van der Waals surface area contributed by atoms with E-state index in [4.69, 9.17) is 8.75 Å². The second kappa shape index (κ2) is 15.2. The Morgan fingerprint density at radius 2 is 1.14 bits per heavy atom. The average molecular weight is 721 g/mol. The number of aromatic nitrogens is 2. The first kappa shape index (κ1) is 34.7. The molecule has 7 rings (SSSR count). The smallest absolute Gasteiger partial charge is 0.132 e. The second-order valence-electron chi connectivity index (χ2n) is 13.6. The number of nitrogens with zero attached hydrogens (tertiary/aromatic N) is 2. The lowest BCUT2D eigenvalue weighted by molar-refractivity contribution is 0.448. The normalized spacial score (nSPS) is 13.0. The number of hydrogen-bond acceptors (Lipinski definition) is 5. The van der Waals surface area contributed by atoms with Crippen molar-refractivity contribution < 1.29 is 8.78 Å². The molecule has 2 atom stereocenters. The van der Waals surface area contributed by atoms with Gasteiger partial charge in [0.1, 0.15) is 22.7 Å². The predicted octanol–water partition coefficient (Wildman–Crippen LogP) is 14.3. The van der Waals surface area contributed by atoms with Gasteiger partial charge in [0.15, 0.2) is 0 Å². The zero-order chi connectivity index (χ0) is 34.8. The molecule has 0 saturated carbocycles. The highest BCUT2D eigenvalue weighted by Gasteiger charge is 2.23. The van der Waals surface area contributed by atoms with E-state index in [2.05, 4.69) is 70.2 Å². The molecule has 0 saturated heterocycles. The molecule has 0 aliphatic rings. The van der Waals surface area contributed by atoms with E-state index in [9.17, 15) is 0 Å². The quantitative estimate of drug-likeness (QED) is 0.119. The van der Waals surface area contributed by atoms with Crippen molar-refractivity contribution in [3.05, 3.63) is 108 Å². The summed E-state index contributed by atoms with van der Waals surface area (Å²) in [5.41, 5.74) is 7.06. The highest BCUT2D eigenvalue weighted by Crippen LogP contribution is 2.48. The van der Waals surface area contributed by atoms with Crippen molar-refractivity contribution >= 4 is 56.2 Å². The fourth-order valence-corrected chi connectivity index (χ4v) is 9.76. The van der Waals surface area contributed by atoms with Gasteiger partial charge >= 0.3 is 0 Å². The largest absolute Gasteiger partial charge is 0.206 e. The molecule has 0 aliphatic heterocycles. The Bertz CT molecular complexity index is 2260. The maximum atomic E-state index is 15.6. The molecule has 50 heavy (non-hydrogen) atoms. The summed E-state index contributed by atoms with van der Waals surface area (Å²) in [5.74, 6) is 0.756. The van der Waals surface area contributed by atoms with Gasteiger partial charge in [-0.15, -0.1) is 22.7 Å². The Morgan fingerprint density at radius 3 is 1.62 bits per heavy atom. The Kier molecular flexibility index (Phi) is 10.6. The molecule has 3 heterocycles. The van der Waals surface area contributed by atoms with Gasteiger partial charge in [-0.05, 0) is 83.0 Å². The fraction of sp³-hybridized carbons (Fsp3) is 0.302. The Labute approximate surface area is 306 Å². The summed E-state index contributed by atoms with van der Waals surface area (Å²) in [6.07, 6.45) is 7.58. The molecule has 0 radical (unpaired) electrons. The number of halogens is 2. The summed E-state index contributed by atoms with van der Waals surface area (Å²) in [5, 5.41) is 2.14. The van der Waals surface area contributed by atoms with Crippen LogP contribution in [0.4, 0.5) is 8.78 Å². The van der Waals surface area contributed by atoms with Crippen molar-refractivity contribution in [2.24, 2.45) is 11.8 Å². The fourth-order valence-electron chi connectivity index (χ4n) is 7.02. The molecular weight excluding hydrogens is 679 g/mol. The Balaban J connectivity index is 1.24. The lowest BCUT2D eigenvalue weighted by atomic mass is 9.91. The minimum atomic E-state index is -0.184. The van der Waals surface area contributed by atoms with Crippen LogP contribution < -0.4 is 0 Å². The molecule has 2 nitrogen and oxygen atoms in total. The molecule has 256 valence electrons. The first-order chi connectivity index (χ1) is 24.4. The number of rotatable bonds is 13. The summed E-state index contributed by atoms with van der Waals surface area (Å²) in [6, 6.07) is 28.0. The van der Waals surface area contributed by atoms with Crippen LogP contribution in [0.25, 0.3) is 63.6 Å². The van der Waals surface area contributed by atoms with Gasteiger partial charge in [-0.25, -0.2) is 8.78 Å². The maximum absolute atomic E-state index is 15.6. The van der Waals surface area contributed by atoms with Crippen LogP contribution in [0.1, 0.15) is 70.9 Å². The van der Waals surface area contributed by atoms with Gasteiger partial charge in [0, 0.05) is 41.8 Å². The number of unbranched alkanes of at least 4 members (excludes halogenated alkanes) is 1.